The molecule has 0 unspecified atom stereocenters. The molecular formula is C63H62N3OPt-. The Morgan fingerprint density at radius 2 is 1.22 bits per heavy atom. The van der Waals surface area contributed by atoms with Crippen LogP contribution in [0.5, 0.6) is 5.75 Å². The molecule has 0 bridgehead atoms. The molecule has 0 aliphatic carbocycles. The second-order valence-electron chi connectivity index (χ2n) is 19.5. The average Bonchev–Trinajstić information content (AvgIpc) is 3.73. The number of imidazole rings is 1. The third kappa shape index (κ3) is 9.54. The number of rotatable bonds is 10. The molecule has 0 aliphatic heterocycles. The number of aryl methyl sites for hydroxylation is 2. The first-order valence-electron chi connectivity index (χ1n) is 26.0. The third-order valence-corrected chi connectivity index (χ3v) is 12.8. The topological polar surface area (TPSA) is 50.9 Å². The van der Waals surface area contributed by atoms with Crippen molar-refractivity contribution in [2.75, 3.05) is 0 Å². The van der Waals surface area contributed by atoms with Gasteiger partial charge in [0.25, 0.3) is 0 Å². The van der Waals surface area contributed by atoms with Crippen molar-refractivity contribution in [3.63, 3.8) is 0 Å². The summed E-state index contributed by atoms with van der Waals surface area (Å²) in [5, 5.41) is 12.1. The van der Waals surface area contributed by atoms with Gasteiger partial charge < -0.3 is 5.11 Å². The van der Waals surface area contributed by atoms with E-state index in [0.29, 0.717) is 44.8 Å². The van der Waals surface area contributed by atoms with Crippen LogP contribution >= 0.6 is 0 Å². The van der Waals surface area contributed by atoms with Gasteiger partial charge in [0.05, 0.1) is 22.3 Å². The predicted molar refractivity (Wildman–Crippen MR) is 282 cm³/mol. The van der Waals surface area contributed by atoms with Crippen molar-refractivity contribution in [3.05, 3.63) is 191 Å². The summed E-state index contributed by atoms with van der Waals surface area (Å²) >= 11 is 0. The van der Waals surface area contributed by atoms with Crippen molar-refractivity contribution in [2.24, 2.45) is 0 Å². The molecule has 0 fully saturated rings. The van der Waals surface area contributed by atoms with Crippen LogP contribution in [0, 0.1) is 19.8 Å². The first kappa shape index (κ1) is 40.7. The molecule has 4 nitrogen and oxygen atoms in total. The fourth-order valence-corrected chi connectivity index (χ4v) is 8.81. The fraction of sp³-hybridized carbons (Fsp3) is 0.238. The van der Waals surface area contributed by atoms with Crippen LogP contribution in [0.3, 0.4) is 0 Å². The zero-order chi connectivity index (χ0) is 52.6. The average molecular weight is 1080 g/mol. The molecule has 0 aliphatic rings. The fourth-order valence-electron chi connectivity index (χ4n) is 8.81. The Balaban J connectivity index is 0.00000729. The summed E-state index contributed by atoms with van der Waals surface area (Å²) in [7, 11) is 0. The van der Waals surface area contributed by atoms with E-state index in [0.717, 1.165) is 66.9 Å². The third-order valence-electron chi connectivity index (χ3n) is 12.8. The minimum absolute atomic E-state index is 0. The number of phenolic OH excluding ortho intramolecular Hbond substituents is 1. The normalized spacial score (nSPS) is 13.7. The van der Waals surface area contributed by atoms with Crippen LogP contribution in [-0.4, -0.2) is 19.6 Å². The summed E-state index contributed by atoms with van der Waals surface area (Å²) in [5.41, 5.74) is 14.1. The molecular weight excluding hydrogens is 1010 g/mol. The molecule has 2 aromatic heterocycles. The van der Waals surface area contributed by atoms with Crippen molar-refractivity contribution < 1.29 is 34.4 Å². The van der Waals surface area contributed by atoms with E-state index in [4.69, 9.17) is 18.2 Å². The van der Waals surface area contributed by atoms with Gasteiger partial charge in [0.1, 0.15) is 11.6 Å². The molecule has 68 heavy (non-hydrogen) atoms. The van der Waals surface area contributed by atoms with Gasteiger partial charge in [0.2, 0.25) is 0 Å². The molecule has 0 saturated carbocycles. The van der Waals surface area contributed by atoms with E-state index in [1.54, 1.807) is 12.3 Å². The van der Waals surface area contributed by atoms with E-state index < -0.39 is 24.5 Å². The maximum atomic E-state index is 12.1. The molecule has 2 heterocycles. The molecule has 0 radical (unpaired) electrons. The second-order valence-corrected chi connectivity index (χ2v) is 19.5. The summed E-state index contributed by atoms with van der Waals surface area (Å²) in [4.78, 5) is 10.3. The minimum Gasteiger partial charge on any atom is -0.507 e. The minimum atomic E-state index is -2.61. The number of hydrogen-bond acceptors (Lipinski definition) is 3. The van der Waals surface area contributed by atoms with Crippen LogP contribution in [0.1, 0.15) is 122 Å². The smallest absolute Gasteiger partial charge is 0.148 e. The predicted octanol–water partition coefficient (Wildman–Crippen LogP) is 17.2. The van der Waals surface area contributed by atoms with Crippen molar-refractivity contribution in [1.82, 2.24) is 14.5 Å². The number of phenols is 1. The van der Waals surface area contributed by atoms with E-state index >= 15 is 0 Å². The molecule has 0 spiro atoms. The number of nitrogens with zero attached hydrogens (tertiary/aromatic N) is 3. The van der Waals surface area contributed by atoms with Gasteiger partial charge in [-0.05, 0) is 128 Å². The molecule has 0 saturated heterocycles. The van der Waals surface area contributed by atoms with Gasteiger partial charge in [-0.3, -0.25) is 9.55 Å². The van der Waals surface area contributed by atoms with E-state index in [1.165, 1.54) is 0 Å². The molecule has 1 N–H and O–H groups in total. The first-order chi connectivity index (χ1) is 34.1. The Morgan fingerprint density at radius 3 is 1.88 bits per heavy atom. The van der Waals surface area contributed by atoms with Crippen LogP contribution < -0.4 is 0 Å². The van der Waals surface area contributed by atoms with Crippen molar-refractivity contribution in [2.45, 2.75) is 99.2 Å². The van der Waals surface area contributed by atoms with Crippen molar-refractivity contribution in [3.8, 4) is 78.6 Å². The second kappa shape index (κ2) is 19.3. The van der Waals surface area contributed by atoms with Crippen molar-refractivity contribution >= 4 is 11.0 Å². The summed E-state index contributed by atoms with van der Waals surface area (Å²) in [5.74, 6) is -2.25. The zero-order valence-electron chi connectivity index (χ0n) is 46.5. The van der Waals surface area contributed by atoms with Gasteiger partial charge in [0, 0.05) is 41.2 Å². The van der Waals surface area contributed by atoms with E-state index in [9.17, 15) is 5.11 Å². The molecule has 0 amide bonds. The number of fused-ring (bicyclic) bond motifs is 1. The Kier molecular flexibility index (Phi) is 11.6. The molecule has 5 heteroatoms. The molecule has 7 aromatic carbocycles. The van der Waals surface area contributed by atoms with Gasteiger partial charge in [-0.2, -0.15) is 0 Å². The van der Waals surface area contributed by atoms with E-state index in [-0.39, 0.29) is 37.8 Å². The molecule has 0 atom stereocenters. The maximum Gasteiger partial charge on any atom is 0.148 e. The first-order valence-corrected chi connectivity index (χ1v) is 23.0. The van der Waals surface area contributed by atoms with E-state index in [2.05, 4.69) is 57.2 Å². The van der Waals surface area contributed by atoms with E-state index in [1.807, 2.05) is 162 Å². The number of hydrogen-bond donors (Lipinski definition) is 1. The number of pyridine rings is 1. The van der Waals surface area contributed by atoms with Crippen LogP contribution in [-0.2, 0) is 26.5 Å². The van der Waals surface area contributed by atoms with Crippen LogP contribution in [0.25, 0.3) is 83.9 Å². The number of aromatic nitrogens is 3. The van der Waals surface area contributed by atoms with Gasteiger partial charge >= 0.3 is 0 Å². The Morgan fingerprint density at radius 1 is 0.588 bits per heavy atom. The van der Waals surface area contributed by atoms with Gasteiger partial charge in [-0.25, -0.2) is 4.98 Å². The molecule has 346 valence electrons. The number of aromatic hydroxyl groups is 1. The monoisotopic (exact) mass is 1080 g/mol. The van der Waals surface area contributed by atoms with Crippen LogP contribution in [0.2, 0.25) is 0 Å². The van der Waals surface area contributed by atoms with Crippen LogP contribution in [0.4, 0.5) is 0 Å². The zero-order valence-corrected chi connectivity index (χ0v) is 42.8. The Hall–Kier alpha value is -6.35. The Bertz CT molecular complexity index is 3520. The molecule has 9 aromatic rings. The van der Waals surface area contributed by atoms with Gasteiger partial charge in [-0.1, -0.05) is 182 Å². The SMILES string of the molecule is [2H]C([2H])([2H])c1cc(-c2cc(C([2H])(C)C)cc(C([2H])(C)C)c2)ccc1-n1c(-c2cc(C(C)(C)C)cc(C)c2O)nc2c(-c3[c-]c(-c4cc(-c5ccc(C([2H])(C)C)cc5)ccn4)cc(-c4ccccc4)c3)cccc21.[Pt]. The number of para-hydroxylation sites is 1. The Labute approximate surface area is 426 Å². The van der Waals surface area contributed by atoms with Crippen molar-refractivity contribution in [1.29, 1.82) is 0 Å². The van der Waals surface area contributed by atoms with Crippen LogP contribution in [0.15, 0.2) is 152 Å². The van der Waals surface area contributed by atoms with Gasteiger partial charge in [-0.15, -0.1) is 23.8 Å². The summed E-state index contributed by atoms with van der Waals surface area (Å²) in [6, 6.07) is 51.2. The van der Waals surface area contributed by atoms with Gasteiger partial charge in [0.15, 0.2) is 0 Å². The summed E-state index contributed by atoms with van der Waals surface area (Å²) in [6.45, 7) is 16.6. The standard InChI is InChI=1S/C63H62N3O.Pt/c1-38(2)43-20-22-45(23-21-43)47-26-27-64-57(36-47)53-34-50(44-16-13-12-14-17-44)33-52(35-53)55-18-15-19-59-60(55)65-62(56-37-54(63(9,10)11)29-42(8)61(56)67)66(59)58-25-24-46(28-41(58)7)51-31-48(39(3)4)30-49(32-51)40(5)6;/h12-34,36-40,67H,1-11H3;/q-1;/i7D3,38D,39D,40D;. The number of benzene rings is 7. The maximum absolute atomic E-state index is 12.1. The quantitative estimate of drug-likeness (QED) is 0.139. The summed E-state index contributed by atoms with van der Waals surface area (Å²) < 4.78 is 55.6. The molecule has 9 rings (SSSR count). The largest absolute Gasteiger partial charge is 0.507 e. The summed E-state index contributed by atoms with van der Waals surface area (Å²) in [6.07, 6.45) is 1.81.